The number of aromatic nitrogens is 6. The first-order valence-corrected chi connectivity index (χ1v) is 18.9. The molecule has 0 aliphatic carbocycles. The van der Waals surface area contributed by atoms with Crippen molar-refractivity contribution in [2.75, 3.05) is 13.2 Å². The molecule has 2 aliphatic heterocycles. The second-order valence-electron chi connectivity index (χ2n) is 13.9. The van der Waals surface area contributed by atoms with Crippen LogP contribution < -0.4 is 0 Å². The van der Waals surface area contributed by atoms with Crippen molar-refractivity contribution in [2.24, 2.45) is 0 Å². The van der Waals surface area contributed by atoms with E-state index in [2.05, 4.69) is 20.6 Å². The Hall–Kier alpha value is -6.82. The van der Waals surface area contributed by atoms with Crippen molar-refractivity contribution in [2.45, 2.75) is 117 Å². The lowest BCUT2D eigenvalue weighted by Gasteiger charge is -2.44. The summed E-state index contributed by atoms with van der Waals surface area (Å²) in [6, 6.07) is 6.68. The van der Waals surface area contributed by atoms with Crippen LogP contribution in [0.3, 0.4) is 0 Å². The van der Waals surface area contributed by atoms with Crippen LogP contribution in [0.5, 0.6) is 0 Å². The molecule has 10 atom stereocenters. The second-order valence-corrected chi connectivity index (χ2v) is 13.9. The van der Waals surface area contributed by atoms with E-state index in [4.69, 9.17) is 47.4 Å². The normalized spacial score (nSPS) is 25.6. The monoisotopic (exact) mass is 872 g/mol. The summed E-state index contributed by atoms with van der Waals surface area (Å²) in [6.45, 7) is 8.11. The lowest BCUT2D eigenvalue weighted by Crippen LogP contribution is -2.60. The molecule has 3 aromatic rings. The number of ether oxygens (including phenoxy) is 10. The quantitative estimate of drug-likeness (QED) is 0.159. The summed E-state index contributed by atoms with van der Waals surface area (Å²) in [4.78, 5) is 96.8. The van der Waals surface area contributed by atoms with E-state index in [0.29, 0.717) is 22.5 Å². The number of rotatable bonds is 14. The predicted octanol–water partition coefficient (Wildman–Crippen LogP) is 0.715. The van der Waals surface area contributed by atoms with Crippen LogP contribution >= 0.6 is 0 Å². The average molecular weight is 873 g/mol. The number of benzene rings is 1. The van der Waals surface area contributed by atoms with Crippen LogP contribution in [0.1, 0.15) is 67.8 Å². The number of hydrogen-bond acceptors (Lipinski definition) is 22. The van der Waals surface area contributed by atoms with Gasteiger partial charge in [-0.2, -0.15) is 0 Å². The summed E-state index contributed by atoms with van der Waals surface area (Å²) in [5, 5.41) is 16.8. The van der Waals surface area contributed by atoms with Crippen LogP contribution in [0.2, 0.25) is 0 Å². The second kappa shape index (κ2) is 20.2. The fourth-order valence-corrected chi connectivity index (χ4v) is 6.72. The van der Waals surface area contributed by atoms with Crippen LogP contribution in [-0.2, 0) is 85.7 Å². The van der Waals surface area contributed by atoms with E-state index in [9.17, 15) is 38.4 Å². The van der Waals surface area contributed by atoms with Crippen molar-refractivity contribution in [3.63, 3.8) is 0 Å². The fourth-order valence-electron chi connectivity index (χ4n) is 6.72. The van der Waals surface area contributed by atoms with Gasteiger partial charge in [-0.25, -0.2) is 9.36 Å². The SMILES string of the molecule is CC(=O)OC[C@H]1O[C@H](n2cc(-c3ccc(-c4cn([C@H]5O[C@H](COC(C)=O)[C@@H](OC(C)=O)[C@H](OC(C)=O)[C@@H]5OC(C)=O)nn4)cc3)nn2)[C@@H](OC(C)=O)[C@@H](OC(C)=O)[C@@H]1OC(C)=O. The minimum absolute atomic E-state index is 0.297. The molecule has 24 heteroatoms. The van der Waals surface area contributed by atoms with Crippen molar-refractivity contribution >= 4 is 47.8 Å². The highest BCUT2D eigenvalue weighted by Gasteiger charge is 2.54. The van der Waals surface area contributed by atoms with Crippen LogP contribution in [0.25, 0.3) is 22.5 Å². The van der Waals surface area contributed by atoms with Gasteiger partial charge in [-0.3, -0.25) is 38.4 Å². The van der Waals surface area contributed by atoms with Crippen molar-refractivity contribution < 1.29 is 85.7 Å². The molecule has 334 valence electrons. The van der Waals surface area contributed by atoms with Gasteiger partial charge in [-0.05, 0) is 0 Å². The van der Waals surface area contributed by atoms with E-state index in [1.807, 2.05) is 0 Å². The molecule has 4 heterocycles. The third-order valence-electron chi connectivity index (χ3n) is 8.95. The Morgan fingerprint density at radius 3 is 1.03 bits per heavy atom. The minimum atomic E-state index is -1.43. The van der Waals surface area contributed by atoms with E-state index in [-0.39, 0.29) is 0 Å². The molecular weight excluding hydrogens is 828 g/mol. The minimum Gasteiger partial charge on any atom is -0.463 e. The van der Waals surface area contributed by atoms with Gasteiger partial charge in [0.25, 0.3) is 0 Å². The zero-order chi connectivity index (χ0) is 45.4. The third-order valence-corrected chi connectivity index (χ3v) is 8.95. The summed E-state index contributed by atoms with van der Waals surface area (Å²) < 4.78 is 58.0. The number of esters is 8. The van der Waals surface area contributed by atoms with Crippen LogP contribution in [0.15, 0.2) is 36.7 Å². The maximum absolute atomic E-state index is 12.3. The molecule has 0 N–H and O–H groups in total. The van der Waals surface area contributed by atoms with Gasteiger partial charge in [-0.15, -0.1) is 10.2 Å². The van der Waals surface area contributed by atoms with Crippen LogP contribution in [0.4, 0.5) is 0 Å². The maximum atomic E-state index is 12.3. The topological polar surface area (TPSA) is 290 Å². The molecule has 0 bridgehead atoms. The lowest BCUT2D eigenvalue weighted by molar-refractivity contribution is -0.270. The van der Waals surface area contributed by atoms with Crippen molar-refractivity contribution in [1.82, 2.24) is 30.0 Å². The average Bonchev–Trinajstić information content (AvgIpc) is 3.87. The van der Waals surface area contributed by atoms with Gasteiger partial charge in [0.2, 0.25) is 0 Å². The highest BCUT2D eigenvalue weighted by Crippen LogP contribution is 2.37. The third kappa shape index (κ3) is 11.7. The Bertz CT molecular complexity index is 2010. The van der Waals surface area contributed by atoms with Crippen molar-refractivity contribution in [3.8, 4) is 22.5 Å². The highest BCUT2D eigenvalue weighted by molar-refractivity contribution is 5.70. The Balaban J connectivity index is 1.44. The van der Waals surface area contributed by atoms with Gasteiger partial charge in [0.05, 0.1) is 12.4 Å². The summed E-state index contributed by atoms with van der Waals surface area (Å²) in [5.41, 5.74) is 1.64. The molecule has 0 amide bonds. The zero-order valence-corrected chi connectivity index (χ0v) is 34.7. The Labute approximate surface area is 352 Å². The Kier molecular flexibility index (Phi) is 15.0. The van der Waals surface area contributed by atoms with Gasteiger partial charge in [0.1, 0.15) is 36.8 Å². The van der Waals surface area contributed by atoms with Crippen molar-refractivity contribution in [1.29, 1.82) is 0 Å². The van der Waals surface area contributed by atoms with E-state index in [1.54, 1.807) is 24.3 Å². The van der Waals surface area contributed by atoms with Crippen LogP contribution in [0, 0.1) is 0 Å². The lowest BCUT2D eigenvalue weighted by atomic mass is 9.97. The molecule has 0 radical (unpaired) electrons. The molecular formula is C38H44N6O18. The van der Waals surface area contributed by atoms with Gasteiger partial charge >= 0.3 is 47.8 Å². The van der Waals surface area contributed by atoms with Gasteiger partial charge in [0, 0.05) is 66.5 Å². The van der Waals surface area contributed by atoms with Crippen molar-refractivity contribution in [3.05, 3.63) is 36.7 Å². The Morgan fingerprint density at radius 1 is 0.452 bits per heavy atom. The molecule has 5 rings (SSSR count). The molecule has 2 aliphatic rings. The number of nitrogens with zero attached hydrogens (tertiary/aromatic N) is 6. The van der Waals surface area contributed by atoms with Gasteiger partial charge in [0.15, 0.2) is 49.1 Å². The molecule has 0 unspecified atom stereocenters. The molecule has 1 aromatic carbocycles. The van der Waals surface area contributed by atoms with Crippen LogP contribution in [-0.4, -0.2) is 140 Å². The molecule has 62 heavy (non-hydrogen) atoms. The highest BCUT2D eigenvalue weighted by atomic mass is 16.7. The number of carbonyl (C=O) groups is 8. The fraction of sp³-hybridized carbons (Fsp3) is 0.526. The van der Waals surface area contributed by atoms with E-state index in [1.165, 1.54) is 21.8 Å². The molecule has 0 spiro atoms. The summed E-state index contributed by atoms with van der Waals surface area (Å²) in [6.07, 6.45) is -10.6. The number of hydrogen-bond donors (Lipinski definition) is 0. The summed E-state index contributed by atoms with van der Waals surface area (Å²) in [7, 11) is 0. The predicted molar refractivity (Wildman–Crippen MR) is 199 cm³/mol. The first-order chi connectivity index (χ1) is 29.3. The first-order valence-electron chi connectivity index (χ1n) is 18.9. The zero-order valence-electron chi connectivity index (χ0n) is 34.7. The molecule has 2 saturated heterocycles. The van der Waals surface area contributed by atoms with Gasteiger partial charge in [-0.1, -0.05) is 34.7 Å². The summed E-state index contributed by atoms with van der Waals surface area (Å²) >= 11 is 0. The van der Waals surface area contributed by atoms with Gasteiger partial charge < -0.3 is 47.4 Å². The van der Waals surface area contributed by atoms with E-state index < -0.39 is 122 Å². The molecule has 2 fully saturated rings. The molecule has 2 aromatic heterocycles. The number of carbonyl (C=O) groups excluding carboxylic acids is 8. The Morgan fingerprint density at radius 2 is 0.742 bits per heavy atom. The maximum Gasteiger partial charge on any atom is 0.303 e. The van der Waals surface area contributed by atoms with E-state index >= 15 is 0 Å². The molecule has 0 saturated carbocycles. The standard InChI is InChI=1S/C38H44N6O18/c1-17(45)53-15-29-31(55-19(3)47)33(57-21(5)49)35(59-23(7)51)37(61-29)43-13-27(39-41-43)25-9-11-26(12-10-25)28-14-44(42-40-28)38-36(60-24(8)52)34(58-22(6)50)32(56-20(4)48)30(62-38)16-54-18(2)46/h9-14,29-38H,15-16H2,1-8H3/t29-,30-,31-,32-,33+,34+,35+,36+,37+,38+/m1/s1. The summed E-state index contributed by atoms with van der Waals surface area (Å²) in [5.74, 6) is -6.08. The molecule has 24 nitrogen and oxygen atoms in total. The van der Waals surface area contributed by atoms with E-state index in [0.717, 1.165) is 55.4 Å². The first kappa shape index (κ1) is 46.2. The largest absolute Gasteiger partial charge is 0.463 e. The smallest absolute Gasteiger partial charge is 0.303 e.